The van der Waals surface area contributed by atoms with E-state index in [0.717, 1.165) is 11.1 Å². The predicted octanol–water partition coefficient (Wildman–Crippen LogP) is 3.19. The number of aryl methyl sites for hydroxylation is 2. The quantitative estimate of drug-likeness (QED) is 0.708. The summed E-state index contributed by atoms with van der Waals surface area (Å²) < 4.78 is 6.80. The smallest absolute Gasteiger partial charge is 0.258 e. The number of pyridine rings is 1. The molecule has 0 unspecified atom stereocenters. The number of nitrogens with one attached hydrogen (secondary N) is 1. The highest BCUT2D eigenvalue weighted by molar-refractivity contribution is 7.99. The summed E-state index contributed by atoms with van der Waals surface area (Å²) in [5.74, 6) is 1.24. The third kappa shape index (κ3) is 4.68. The van der Waals surface area contributed by atoms with Crippen molar-refractivity contribution < 1.29 is 9.53 Å². The normalized spacial score (nSPS) is 10.8. The van der Waals surface area contributed by atoms with Crippen LogP contribution in [-0.4, -0.2) is 28.2 Å². The van der Waals surface area contributed by atoms with Crippen molar-refractivity contribution in [2.24, 2.45) is 0 Å². The lowest BCUT2D eigenvalue weighted by Crippen LogP contribution is -2.17. The molecule has 0 aliphatic rings. The number of rotatable bonds is 6. The Balaban J connectivity index is 1.62. The van der Waals surface area contributed by atoms with Gasteiger partial charge in [-0.25, -0.2) is 4.98 Å². The molecule has 0 bridgehead atoms. The number of anilines is 1. The molecule has 0 saturated heterocycles. The van der Waals surface area contributed by atoms with Crippen molar-refractivity contribution in [2.45, 2.75) is 19.6 Å². The topological polar surface area (TPSA) is 72.7 Å². The van der Waals surface area contributed by atoms with Crippen LogP contribution in [0, 0.1) is 13.8 Å². The fourth-order valence-corrected chi connectivity index (χ4v) is 3.40. The maximum absolute atomic E-state index is 12.2. The number of fused-ring (bicyclic) bond motifs is 1. The Morgan fingerprint density at radius 2 is 1.96 bits per heavy atom. The SMILES string of the molecule is COc1ccc(C)cc1NC(=O)CSCc1cc(=O)n2cc(C)ccc2n1. The summed E-state index contributed by atoms with van der Waals surface area (Å²) in [5.41, 5.74) is 3.84. The first-order chi connectivity index (χ1) is 13.0. The van der Waals surface area contributed by atoms with Gasteiger partial charge in [0.2, 0.25) is 5.91 Å². The van der Waals surface area contributed by atoms with Gasteiger partial charge >= 0.3 is 0 Å². The van der Waals surface area contributed by atoms with E-state index in [2.05, 4.69) is 10.3 Å². The van der Waals surface area contributed by atoms with Gasteiger partial charge < -0.3 is 10.1 Å². The van der Waals surface area contributed by atoms with E-state index in [1.807, 2.05) is 44.2 Å². The number of amides is 1. The summed E-state index contributed by atoms with van der Waals surface area (Å²) in [4.78, 5) is 28.9. The molecule has 140 valence electrons. The number of aromatic nitrogens is 2. The molecule has 0 radical (unpaired) electrons. The number of hydrogen-bond acceptors (Lipinski definition) is 5. The molecular weight excluding hydrogens is 362 g/mol. The molecule has 2 heterocycles. The van der Waals surface area contributed by atoms with Gasteiger partial charge in [0.05, 0.1) is 24.2 Å². The molecule has 0 spiro atoms. The number of carbonyl (C=O) groups is 1. The van der Waals surface area contributed by atoms with Gasteiger partial charge in [0.15, 0.2) is 0 Å². The third-order valence-corrected chi connectivity index (χ3v) is 4.94. The van der Waals surface area contributed by atoms with E-state index in [0.29, 0.717) is 28.5 Å². The highest BCUT2D eigenvalue weighted by atomic mass is 32.2. The van der Waals surface area contributed by atoms with Gasteiger partial charge in [-0.1, -0.05) is 12.1 Å². The van der Waals surface area contributed by atoms with E-state index < -0.39 is 0 Å². The van der Waals surface area contributed by atoms with Crippen LogP contribution in [0.5, 0.6) is 5.75 Å². The largest absolute Gasteiger partial charge is 0.495 e. The first kappa shape index (κ1) is 19.0. The monoisotopic (exact) mass is 383 g/mol. The molecule has 6 nitrogen and oxygen atoms in total. The standard InChI is InChI=1S/C20H21N3O3S/c1-13-4-6-17(26-3)16(8-13)22-19(24)12-27-11-15-9-20(25)23-10-14(2)5-7-18(23)21-15/h4-10H,11-12H2,1-3H3,(H,22,24). The van der Waals surface area contributed by atoms with Crippen LogP contribution in [0.25, 0.3) is 5.65 Å². The van der Waals surface area contributed by atoms with E-state index in [9.17, 15) is 9.59 Å². The van der Waals surface area contributed by atoms with Gasteiger partial charge in [-0.15, -0.1) is 11.8 Å². The molecule has 0 aliphatic heterocycles. The Hall–Kier alpha value is -2.80. The van der Waals surface area contributed by atoms with E-state index in [1.165, 1.54) is 22.2 Å². The minimum absolute atomic E-state index is 0.117. The van der Waals surface area contributed by atoms with Gasteiger partial charge in [-0.3, -0.25) is 14.0 Å². The van der Waals surface area contributed by atoms with E-state index in [-0.39, 0.29) is 17.2 Å². The van der Waals surface area contributed by atoms with Crippen molar-refractivity contribution in [1.82, 2.24) is 9.38 Å². The minimum atomic E-state index is -0.128. The number of methoxy groups -OCH3 is 1. The molecule has 27 heavy (non-hydrogen) atoms. The van der Waals surface area contributed by atoms with Gasteiger partial charge in [-0.05, 0) is 43.2 Å². The van der Waals surface area contributed by atoms with Crippen molar-refractivity contribution in [1.29, 1.82) is 0 Å². The van der Waals surface area contributed by atoms with Gasteiger partial charge in [0.1, 0.15) is 11.4 Å². The molecule has 0 fully saturated rings. The Labute approximate surface area is 161 Å². The third-order valence-electron chi connectivity index (χ3n) is 3.97. The first-order valence-corrected chi connectivity index (χ1v) is 9.63. The fourth-order valence-electron chi connectivity index (χ4n) is 2.69. The molecule has 7 heteroatoms. The van der Waals surface area contributed by atoms with Crippen LogP contribution in [0.15, 0.2) is 47.4 Å². The maximum Gasteiger partial charge on any atom is 0.258 e. The molecule has 0 aliphatic carbocycles. The molecule has 1 amide bonds. The van der Waals surface area contributed by atoms with Crippen molar-refractivity contribution >= 4 is 29.0 Å². The zero-order valence-electron chi connectivity index (χ0n) is 15.5. The van der Waals surface area contributed by atoms with Crippen LogP contribution in [-0.2, 0) is 10.5 Å². The van der Waals surface area contributed by atoms with Crippen molar-refractivity contribution in [2.75, 3.05) is 18.2 Å². The zero-order chi connectivity index (χ0) is 19.4. The molecule has 0 saturated carbocycles. The second-order valence-corrected chi connectivity index (χ2v) is 7.25. The Morgan fingerprint density at radius 3 is 2.74 bits per heavy atom. The van der Waals surface area contributed by atoms with Crippen molar-refractivity contribution in [3.05, 3.63) is 69.8 Å². The highest BCUT2D eigenvalue weighted by Crippen LogP contribution is 2.25. The number of hydrogen-bond donors (Lipinski definition) is 1. The van der Waals surface area contributed by atoms with Crippen molar-refractivity contribution in [3.63, 3.8) is 0 Å². The summed E-state index contributed by atoms with van der Waals surface area (Å²) in [5, 5.41) is 2.86. The van der Waals surface area contributed by atoms with Crippen molar-refractivity contribution in [3.8, 4) is 5.75 Å². The summed E-state index contributed by atoms with van der Waals surface area (Å²) in [6.45, 7) is 3.88. The fraction of sp³-hybridized carbons (Fsp3) is 0.250. The lowest BCUT2D eigenvalue weighted by Gasteiger charge is -2.11. The van der Waals surface area contributed by atoms with Crippen LogP contribution >= 0.6 is 11.8 Å². The van der Waals surface area contributed by atoms with E-state index in [4.69, 9.17) is 4.74 Å². The average Bonchev–Trinajstić information content (AvgIpc) is 2.62. The van der Waals surface area contributed by atoms with E-state index >= 15 is 0 Å². The number of thioether (sulfide) groups is 1. The second kappa shape index (κ2) is 8.26. The Kier molecular flexibility index (Phi) is 5.81. The van der Waals surface area contributed by atoms with Crippen LogP contribution in [0.3, 0.4) is 0 Å². The molecule has 1 aromatic carbocycles. The zero-order valence-corrected chi connectivity index (χ0v) is 16.3. The first-order valence-electron chi connectivity index (χ1n) is 8.47. The van der Waals surface area contributed by atoms with Crippen LogP contribution in [0.2, 0.25) is 0 Å². The summed E-state index contributed by atoms with van der Waals surface area (Å²) in [7, 11) is 1.57. The summed E-state index contributed by atoms with van der Waals surface area (Å²) in [6.07, 6.45) is 1.77. The minimum Gasteiger partial charge on any atom is -0.495 e. The second-order valence-electron chi connectivity index (χ2n) is 6.27. The summed E-state index contributed by atoms with van der Waals surface area (Å²) >= 11 is 1.41. The lowest BCUT2D eigenvalue weighted by atomic mass is 10.2. The molecule has 1 N–H and O–H groups in total. The number of carbonyl (C=O) groups excluding carboxylic acids is 1. The van der Waals surface area contributed by atoms with Gasteiger partial charge in [0.25, 0.3) is 5.56 Å². The molecule has 3 aromatic rings. The van der Waals surface area contributed by atoms with Crippen LogP contribution in [0.1, 0.15) is 16.8 Å². The number of ether oxygens (including phenoxy) is 1. The average molecular weight is 383 g/mol. The van der Waals surface area contributed by atoms with Gasteiger partial charge in [-0.2, -0.15) is 0 Å². The van der Waals surface area contributed by atoms with Crippen LogP contribution in [0.4, 0.5) is 5.69 Å². The Bertz CT molecular complexity index is 1050. The molecule has 0 atom stereocenters. The van der Waals surface area contributed by atoms with E-state index in [1.54, 1.807) is 13.3 Å². The highest BCUT2D eigenvalue weighted by Gasteiger charge is 2.09. The Morgan fingerprint density at radius 1 is 1.19 bits per heavy atom. The molecular formula is C20H21N3O3S. The molecule has 3 rings (SSSR count). The molecule has 2 aromatic heterocycles. The predicted molar refractivity (Wildman–Crippen MR) is 109 cm³/mol. The van der Waals surface area contributed by atoms with Gasteiger partial charge in [0, 0.05) is 18.0 Å². The summed E-state index contributed by atoms with van der Waals surface area (Å²) in [6, 6.07) is 10.9. The number of benzene rings is 1. The maximum atomic E-state index is 12.2. The van der Waals surface area contributed by atoms with Crippen LogP contribution < -0.4 is 15.6 Å². The lowest BCUT2D eigenvalue weighted by molar-refractivity contribution is -0.113. The number of nitrogens with zero attached hydrogens (tertiary/aromatic N) is 2.